The summed E-state index contributed by atoms with van der Waals surface area (Å²) in [5.41, 5.74) is 2.45. The lowest BCUT2D eigenvalue weighted by molar-refractivity contribution is 0.0686. The van der Waals surface area contributed by atoms with Gasteiger partial charge < -0.3 is 18.5 Å². The number of ether oxygens (including phenoxy) is 2. The molecule has 0 bridgehead atoms. The van der Waals surface area contributed by atoms with Crippen LogP contribution in [0.4, 0.5) is 0 Å². The Labute approximate surface area is 188 Å². The van der Waals surface area contributed by atoms with Crippen LogP contribution < -0.4 is 9.47 Å². The van der Waals surface area contributed by atoms with Crippen molar-refractivity contribution in [2.45, 2.75) is 25.2 Å². The number of fused-ring (bicyclic) bond motifs is 1. The van der Waals surface area contributed by atoms with Crippen LogP contribution in [-0.2, 0) is 0 Å². The Balaban J connectivity index is 1.26. The topological polar surface area (TPSA) is 92.3 Å². The molecule has 0 saturated heterocycles. The summed E-state index contributed by atoms with van der Waals surface area (Å²) in [5.74, 6) is 2.59. The summed E-state index contributed by atoms with van der Waals surface area (Å²) in [7, 11) is 0. The Morgan fingerprint density at radius 3 is 2.75 bits per heavy atom. The van der Waals surface area contributed by atoms with Gasteiger partial charge >= 0.3 is 0 Å². The van der Waals surface area contributed by atoms with Gasteiger partial charge in [-0.3, -0.25) is 4.79 Å². The predicted molar refractivity (Wildman–Crippen MR) is 118 cm³/mol. The van der Waals surface area contributed by atoms with Crippen molar-refractivity contribution in [3.8, 4) is 17.3 Å². The Hall–Kier alpha value is -3.59. The molecule has 5 rings (SSSR count). The first-order chi connectivity index (χ1) is 15.6. The molecule has 1 atom stereocenters. The average molecular weight is 449 g/mol. The Morgan fingerprint density at radius 2 is 1.94 bits per heavy atom. The minimum atomic E-state index is -0.486. The molecule has 32 heavy (non-hydrogen) atoms. The van der Waals surface area contributed by atoms with Crippen molar-refractivity contribution in [1.82, 2.24) is 19.7 Å². The molecule has 0 aliphatic carbocycles. The fraction of sp³-hybridized carbons (Fsp3) is 0.217. The number of carbonyl (C=O) groups is 1. The fourth-order valence-electron chi connectivity index (χ4n) is 3.64. The second-order valence-electron chi connectivity index (χ2n) is 7.29. The van der Waals surface area contributed by atoms with Gasteiger partial charge in [0.05, 0.1) is 5.75 Å². The van der Waals surface area contributed by atoms with Crippen LogP contribution in [0.15, 0.2) is 64.4 Å². The van der Waals surface area contributed by atoms with E-state index >= 15 is 0 Å². The molecule has 0 saturated carbocycles. The number of hydrogen-bond donors (Lipinski definition) is 0. The molecule has 1 aliphatic heterocycles. The number of Topliss-reactive ketones (excluding diaryl/α,β-unsaturated/α-hetero) is 1. The third kappa shape index (κ3) is 3.87. The zero-order valence-corrected chi connectivity index (χ0v) is 18.3. The number of benzene rings is 1. The zero-order chi connectivity index (χ0) is 22.1. The number of aryl methyl sites for hydroxylation is 1. The molecule has 0 amide bonds. The fourth-order valence-corrected chi connectivity index (χ4v) is 4.29. The van der Waals surface area contributed by atoms with Crippen molar-refractivity contribution in [3.05, 3.63) is 77.6 Å². The quantitative estimate of drug-likeness (QED) is 0.317. The van der Waals surface area contributed by atoms with Crippen LogP contribution in [0.3, 0.4) is 0 Å². The first kappa shape index (κ1) is 20.3. The van der Waals surface area contributed by atoms with Crippen molar-refractivity contribution >= 4 is 17.5 Å². The maximum Gasteiger partial charge on any atom is 0.277 e. The summed E-state index contributed by atoms with van der Waals surface area (Å²) in [6, 6.07) is 15.0. The molecule has 162 valence electrons. The Morgan fingerprint density at radius 1 is 1.12 bits per heavy atom. The molecule has 0 spiro atoms. The molecule has 4 heterocycles. The second-order valence-corrected chi connectivity index (χ2v) is 8.22. The molecule has 8 nitrogen and oxygen atoms in total. The van der Waals surface area contributed by atoms with Crippen molar-refractivity contribution in [3.63, 3.8) is 0 Å². The van der Waals surface area contributed by atoms with Gasteiger partial charge in [-0.2, -0.15) is 0 Å². The van der Waals surface area contributed by atoms with Gasteiger partial charge in [-0.25, -0.2) is 4.98 Å². The van der Waals surface area contributed by atoms with Gasteiger partial charge in [0, 0.05) is 23.1 Å². The number of para-hydroxylation sites is 2. The first-order valence-corrected chi connectivity index (χ1v) is 11.1. The normalized spacial score (nSPS) is 15.0. The number of nitrogens with zero attached hydrogens (tertiary/aromatic N) is 4. The van der Waals surface area contributed by atoms with E-state index in [1.165, 1.54) is 11.8 Å². The number of rotatable bonds is 6. The van der Waals surface area contributed by atoms with Crippen LogP contribution in [0, 0.1) is 13.8 Å². The van der Waals surface area contributed by atoms with Crippen LogP contribution in [-0.4, -0.2) is 37.9 Å². The molecule has 0 fully saturated rings. The predicted octanol–water partition coefficient (Wildman–Crippen LogP) is 4.36. The summed E-state index contributed by atoms with van der Waals surface area (Å²) in [6.45, 7) is 4.16. The second kappa shape index (κ2) is 8.51. The minimum Gasteiger partial charge on any atom is -0.485 e. The zero-order valence-electron chi connectivity index (χ0n) is 17.5. The van der Waals surface area contributed by atoms with Crippen LogP contribution >= 0.6 is 11.8 Å². The maximum absolute atomic E-state index is 12.9. The average Bonchev–Trinajstić information content (AvgIpc) is 3.42. The molecule has 0 radical (unpaired) electrons. The number of aromatic nitrogens is 4. The molecular formula is C23H20N4O4S. The number of hydrogen-bond acceptors (Lipinski definition) is 8. The van der Waals surface area contributed by atoms with E-state index in [0.29, 0.717) is 28.2 Å². The molecule has 3 aromatic heterocycles. The molecule has 1 aliphatic rings. The molecule has 0 unspecified atom stereocenters. The van der Waals surface area contributed by atoms with E-state index in [-0.39, 0.29) is 18.1 Å². The van der Waals surface area contributed by atoms with E-state index < -0.39 is 6.10 Å². The standard InChI is InChI=1S/C23H20N4O4S/c1-14-11-16(15(2)27(14)21-9-5-6-10-24-21)17(28)13-32-23-26-25-22(31-23)20-12-29-18-7-3-4-8-19(18)30-20/h3-11,20H,12-13H2,1-2H3/t20-/m1/s1. The Kier molecular flexibility index (Phi) is 5.40. The smallest absolute Gasteiger partial charge is 0.277 e. The summed E-state index contributed by atoms with van der Waals surface area (Å²) in [4.78, 5) is 17.3. The van der Waals surface area contributed by atoms with Crippen molar-refractivity contribution in [1.29, 1.82) is 0 Å². The molecule has 4 aromatic rings. The first-order valence-electron chi connectivity index (χ1n) is 10.1. The summed E-state index contributed by atoms with van der Waals surface area (Å²) in [6.07, 6.45) is 1.25. The van der Waals surface area contributed by atoms with Crippen LogP contribution in [0.1, 0.15) is 33.7 Å². The maximum atomic E-state index is 12.9. The van der Waals surface area contributed by atoms with Crippen LogP contribution in [0.2, 0.25) is 0 Å². The molecule has 0 N–H and O–H groups in total. The van der Waals surface area contributed by atoms with Crippen LogP contribution in [0.5, 0.6) is 11.5 Å². The van der Waals surface area contributed by atoms with E-state index in [4.69, 9.17) is 13.9 Å². The van der Waals surface area contributed by atoms with Gasteiger partial charge in [0.1, 0.15) is 12.4 Å². The van der Waals surface area contributed by atoms with E-state index in [1.54, 1.807) is 6.20 Å². The van der Waals surface area contributed by atoms with Gasteiger partial charge in [0.2, 0.25) is 6.10 Å². The summed E-state index contributed by atoms with van der Waals surface area (Å²) >= 11 is 1.20. The molecule has 9 heteroatoms. The Bertz CT molecular complexity index is 1270. The van der Waals surface area contributed by atoms with E-state index in [2.05, 4.69) is 15.2 Å². The monoisotopic (exact) mass is 448 g/mol. The van der Waals surface area contributed by atoms with Crippen molar-refractivity contribution in [2.24, 2.45) is 0 Å². The summed E-state index contributed by atoms with van der Waals surface area (Å²) in [5, 5.41) is 8.44. The number of ketones is 1. The number of carbonyl (C=O) groups excluding carboxylic acids is 1. The summed E-state index contributed by atoms with van der Waals surface area (Å²) < 4.78 is 19.3. The van der Waals surface area contributed by atoms with Gasteiger partial charge in [0.25, 0.3) is 11.1 Å². The van der Waals surface area contributed by atoms with Crippen molar-refractivity contribution < 1.29 is 18.7 Å². The largest absolute Gasteiger partial charge is 0.485 e. The van der Waals surface area contributed by atoms with Gasteiger partial charge in [-0.1, -0.05) is 30.0 Å². The highest BCUT2D eigenvalue weighted by Crippen LogP contribution is 2.36. The lowest BCUT2D eigenvalue weighted by atomic mass is 10.2. The van der Waals surface area contributed by atoms with Gasteiger partial charge in [0.15, 0.2) is 17.3 Å². The molecular weight excluding hydrogens is 428 g/mol. The third-order valence-electron chi connectivity index (χ3n) is 5.14. The highest BCUT2D eigenvalue weighted by atomic mass is 32.2. The van der Waals surface area contributed by atoms with Crippen molar-refractivity contribution in [2.75, 3.05) is 12.4 Å². The van der Waals surface area contributed by atoms with Gasteiger partial charge in [-0.05, 0) is 44.2 Å². The van der Waals surface area contributed by atoms with E-state index in [0.717, 1.165) is 17.2 Å². The number of thioether (sulfide) groups is 1. The van der Waals surface area contributed by atoms with Crippen LogP contribution in [0.25, 0.3) is 5.82 Å². The highest BCUT2D eigenvalue weighted by molar-refractivity contribution is 7.99. The molecule has 1 aromatic carbocycles. The minimum absolute atomic E-state index is 0.0174. The number of pyridine rings is 1. The lowest BCUT2D eigenvalue weighted by Gasteiger charge is -2.23. The lowest BCUT2D eigenvalue weighted by Crippen LogP contribution is -2.21. The van der Waals surface area contributed by atoms with E-state index in [1.807, 2.05) is 66.9 Å². The highest BCUT2D eigenvalue weighted by Gasteiger charge is 2.27. The SMILES string of the molecule is Cc1cc(C(=O)CSc2nnc([C@H]3COc4ccccc4O3)o2)c(C)n1-c1ccccn1. The van der Waals surface area contributed by atoms with E-state index in [9.17, 15) is 4.79 Å². The third-order valence-corrected chi connectivity index (χ3v) is 5.96. The van der Waals surface area contributed by atoms with Gasteiger partial charge in [-0.15, -0.1) is 10.2 Å².